The largest absolute Gasteiger partial charge is 0.396 e. The van der Waals surface area contributed by atoms with Crippen LogP contribution in [0.3, 0.4) is 0 Å². The van der Waals surface area contributed by atoms with E-state index in [0.717, 1.165) is 25.9 Å². The Bertz CT molecular complexity index is 522. The second-order valence-electron chi connectivity index (χ2n) is 6.55. The van der Waals surface area contributed by atoms with Crippen LogP contribution in [0.2, 0.25) is 0 Å². The van der Waals surface area contributed by atoms with Crippen LogP contribution in [-0.4, -0.2) is 54.7 Å². The summed E-state index contributed by atoms with van der Waals surface area (Å²) in [6, 6.07) is 5.96. The molecule has 2 fully saturated rings. The van der Waals surface area contributed by atoms with Gasteiger partial charge < -0.3 is 9.84 Å². The molecule has 1 N–H and O–H groups in total. The van der Waals surface area contributed by atoms with Crippen molar-refractivity contribution in [3.8, 4) is 0 Å². The molecule has 2 heterocycles. The van der Waals surface area contributed by atoms with Gasteiger partial charge in [0.1, 0.15) is 5.82 Å². The standard InChI is InChI=1S/C17H22FNO3/c18-14-5-3-13(4-6-14)16(21)8-15-2-1-7-19(15)9-17(10-20)11-22-12-17/h3-6,15,20H,1-2,7-12H2. The molecule has 0 amide bonds. The van der Waals surface area contributed by atoms with Gasteiger partial charge in [0.05, 0.1) is 25.2 Å². The topological polar surface area (TPSA) is 49.8 Å². The van der Waals surface area contributed by atoms with Crippen molar-refractivity contribution >= 4 is 5.78 Å². The van der Waals surface area contributed by atoms with Crippen molar-refractivity contribution in [3.05, 3.63) is 35.6 Å². The van der Waals surface area contributed by atoms with Crippen molar-refractivity contribution in [2.45, 2.75) is 25.3 Å². The van der Waals surface area contributed by atoms with E-state index in [1.165, 1.54) is 12.1 Å². The number of rotatable bonds is 6. The molecule has 0 saturated carbocycles. The van der Waals surface area contributed by atoms with Gasteiger partial charge in [-0.25, -0.2) is 4.39 Å². The normalized spacial score (nSPS) is 24.2. The number of Topliss-reactive ketones (excluding diaryl/α,β-unsaturated/α-hetero) is 1. The number of hydrogen-bond donors (Lipinski definition) is 1. The molecule has 1 atom stereocenters. The summed E-state index contributed by atoms with van der Waals surface area (Å²) in [4.78, 5) is 14.7. The third-order valence-corrected chi connectivity index (χ3v) is 4.78. The molecule has 2 aliphatic heterocycles. The van der Waals surface area contributed by atoms with E-state index in [1.54, 1.807) is 12.1 Å². The Morgan fingerprint density at radius 3 is 2.68 bits per heavy atom. The first-order valence-corrected chi connectivity index (χ1v) is 7.83. The van der Waals surface area contributed by atoms with Gasteiger partial charge in [0, 0.05) is 24.6 Å². The number of halogens is 1. The Labute approximate surface area is 129 Å². The Kier molecular flexibility index (Phi) is 4.57. The van der Waals surface area contributed by atoms with Crippen LogP contribution in [0.5, 0.6) is 0 Å². The number of ketones is 1. The lowest BCUT2D eigenvalue weighted by molar-refractivity contribution is -0.149. The van der Waals surface area contributed by atoms with E-state index < -0.39 is 0 Å². The molecule has 1 aromatic rings. The zero-order valence-electron chi connectivity index (χ0n) is 12.6. The molecule has 5 heteroatoms. The van der Waals surface area contributed by atoms with Gasteiger partial charge in [-0.15, -0.1) is 0 Å². The molecule has 0 aromatic heterocycles. The first-order valence-electron chi connectivity index (χ1n) is 7.83. The minimum atomic E-state index is -0.325. The van der Waals surface area contributed by atoms with Crippen molar-refractivity contribution in [1.29, 1.82) is 0 Å². The SMILES string of the molecule is O=C(CC1CCCN1CC1(CO)COC1)c1ccc(F)cc1. The number of benzene rings is 1. The number of aliphatic hydroxyl groups excluding tert-OH is 1. The summed E-state index contributed by atoms with van der Waals surface area (Å²) in [5, 5.41) is 9.56. The maximum atomic E-state index is 12.9. The van der Waals surface area contributed by atoms with Crippen LogP contribution in [0.25, 0.3) is 0 Å². The maximum absolute atomic E-state index is 12.9. The summed E-state index contributed by atoms with van der Waals surface area (Å²) in [6.45, 7) is 3.06. The number of hydrogen-bond acceptors (Lipinski definition) is 4. The molecule has 3 rings (SSSR count). The lowest BCUT2D eigenvalue weighted by Gasteiger charge is -2.43. The summed E-state index contributed by atoms with van der Waals surface area (Å²) in [6.07, 6.45) is 2.52. The number of nitrogens with zero attached hydrogens (tertiary/aromatic N) is 1. The van der Waals surface area contributed by atoms with Crippen molar-refractivity contribution < 1.29 is 19.0 Å². The molecular formula is C17H22FNO3. The average molecular weight is 307 g/mol. The minimum Gasteiger partial charge on any atom is -0.396 e. The van der Waals surface area contributed by atoms with Crippen LogP contribution in [0.1, 0.15) is 29.6 Å². The highest BCUT2D eigenvalue weighted by molar-refractivity contribution is 5.96. The van der Waals surface area contributed by atoms with Crippen LogP contribution in [-0.2, 0) is 4.74 Å². The molecule has 4 nitrogen and oxygen atoms in total. The van der Waals surface area contributed by atoms with Gasteiger partial charge in [-0.2, -0.15) is 0 Å². The number of likely N-dealkylation sites (tertiary alicyclic amines) is 1. The quantitative estimate of drug-likeness (QED) is 0.815. The second-order valence-corrected chi connectivity index (χ2v) is 6.55. The minimum absolute atomic E-state index is 0.0554. The Balaban J connectivity index is 1.61. The van der Waals surface area contributed by atoms with Crippen molar-refractivity contribution in [2.75, 3.05) is 32.9 Å². The highest BCUT2D eigenvalue weighted by Crippen LogP contribution is 2.32. The lowest BCUT2D eigenvalue weighted by atomic mass is 9.86. The van der Waals surface area contributed by atoms with Gasteiger partial charge in [0.2, 0.25) is 0 Å². The highest BCUT2D eigenvalue weighted by atomic mass is 19.1. The molecule has 2 saturated heterocycles. The van der Waals surface area contributed by atoms with E-state index in [0.29, 0.717) is 25.2 Å². The number of aliphatic hydroxyl groups is 1. The van der Waals surface area contributed by atoms with Crippen molar-refractivity contribution in [2.24, 2.45) is 5.41 Å². The highest BCUT2D eigenvalue weighted by Gasteiger charge is 2.42. The fourth-order valence-electron chi connectivity index (χ4n) is 3.36. The summed E-state index contributed by atoms with van der Waals surface area (Å²) >= 11 is 0. The Morgan fingerprint density at radius 2 is 2.09 bits per heavy atom. The molecule has 1 unspecified atom stereocenters. The van der Waals surface area contributed by atoms with Gasteiger partial charge in [0.15, 0.2) is 5.78 Å². The van der Waals surface area contributed by atoms with E-state index in [9.17, 15) is 14.3 Å². The Hall–Kier alpha value is -1.30. The van der Waals surface area contributed by atoms with E-state index in [4.69, 9.17) is 4.74 Å². The monoisotopic (exact) mass is 307 g/mol. The molecule has 0 radical (unpaired) electrons. The Morgan fingerprint density at radius 1 is 1.36 bits per heavy atom. The zero-order valence-corrected chi connectivity index (χ0v) is 12.6. The number of ether oxygens (including phenoxy) is 1. The predicted molar refractivity (Wildman–Crippen MR) is 80.3 cm³/mol. The van der Waals surface area contributed by atoms with E-state index in [1.807, 2.05) is 0 Å². The van der Waals surface area contributed by atoms with Crippen LogP contribution in [0, 0.1) is 11.2 Å². The van der Waals surface area contributed by atoms with E-state index >= 15 is 0 Å². The molecule has 0 aliphatic carbocycles. The average Bonchev–Trinajstić information content (AvgIpc) is 2.90. The van der Waals surface area contributed by atoms with Crippen LogP contribution >= 0.6 is 0 Å². The molecular weight excluding hydrogens is 285 g/mol. The lowest BCUT2D eigenvalue weighted by Crippen LogP contribution is -2.54. The number of carbonyl (C=O) groups is 1. The predicted octanol–water partition coefficient (Wildman–Crippen LogP) is 1.87. The van der Waals surface area contributed by atoms with Gasteiger partial charge in [-0.3, -0.25) is 9.69 Å². The molecule has 120 valence electrons. The fraction of sp³-hybridized carbons (Fsp3) is 0.588. The maximum Gasteiger partial charge on any atom is 0.164 e. The number of carbonyl (C=O) groups excluding carboxylic acids is 1. The molecule has 0 bridgehead atoms. The van der Waals surface area contributed by atoms with Crippen molar-refractivity contribution in [3.63, 3.8) is 0 Å². The fourth-order valence-corrected chi connectivity index (χ4v) is 3.36. The summed E-state index contributed by atoms with van der Waals surface area (Å²) in [5.74, 6) is -0.270. The van der Waals surface area contributed by atoms with Crippen LogP contribution < -0.4 is 0 Å². The summed E-state index contributed by atoms with van der Waals surface area (Å²) in [5.41, 5.74) is 0.415. The summed E-state index contributed by atoms with van der Waals surface area (Å²) < 4.78 is 18.2. The summed E-state index contributed by atoms with van der Waals surface area (Å²) in [7, 11) is 0. The zero-order chi connectivity index (χ0) is 15.6. The second kappa shape index (κ2) is 6.44. The first kappa shape index (κ1) is 15.6. The van der Waals surface area contributed by atoms with E-state index in [2.05, 4.69) is 4.90 Å². The molecule has 1 aromatic carbocycles. The molecule has 0 spiro atoms. The molecule has 22 heavy (non-hydrogen) atoms. The molecule has 2 aliphatic rings. The van der Waals surface area contributed by atoms with Gasteiger partial charge in [-0.1, -0.05) is 0 Å². The van der Waals surface area contributed by atoms with Gasteiger partial charge in [-0.05, 0) is 43.7 Å². The smallest absolute Gasteiger partial charge is 0.164 e. The third kappa shape index (κ3) is 3.21. The van der Waals surface area contributed by atoms with Crippen LogP contribution in [0.15, 0.2) is 24.3 Å². The van der Waals surface area contributed by atoms with Gasteiger partial charge >= 0.3 is 0 Å². The van der Waals surface area contributed by atoms with Crippen molar-refractivity contribution in [1.82, 2.24) is 4.90 Å². The first-order chi connectivity index (χ1) is 10.6. The van der Waals surface area contributed by atoms with Crippen LogP contribution in [0.4, 0.5) is 4.39 Å². The van der Waals surface area contributed by atoms with E-state index in [-0.39, 0.29) is 29.7 Å². The van der Waals surface area contributed by atoms with Gasteiger partial charge in [0.25, 0.3) is 0 Å². The third-order valence-electron chi connectivity index (χ3n) is 4.78.